The molecule has 0 aliphatic heterocycles. The molecule has 0 saturated carbocycles. The largest absolute Gasteiger partial charge is 0.496 e. The predicted octanol–water partition coefficient (Wildman–Crippen LogP) is 3.93. The highest BCUT2D eigenvalue weighted by Crippen LogP contribution is 2.33. The molecule has 1 aromatic heterocycles. The molecule has 0 amide bonds. The monoisotopic (exact) mass is 266 g/mol. The summed E-state index contributed by atoms with van der Waals surface area (Å²) < 4.78 is 5.42. The number of benzene rings is 1. The van der Waals surface area contributed by atoms with Crippen LogP contribution < -0.4 is 4.74 Å². The van der Waals surface area contributed by atoms with Gasteiger partial charge in [0.1, 0.15) is 11.8 Å². The molecule has 1 aromatic carbocycles. The van der Waals surface area contributed by atoms with Gasteiger partial charge in [0.2, 0.25) is 0 Å². The van der Waals surface area contributed by atoms with Crippen LogP contribution in [0, 0.1) is 11.3 Å². The number of aromatic nitrogens is 1. The van der Waals surface area contributed by atoms with Gasteiger partial charge in [0, 0.05) is 11.8 Å². The fourth-order valence-corrected chi connectivity index (χ4v) is 1.99. The Morgan fingerprint density at radius 1 is 1.15 bits per heavy atom. The molecule has 0 saturated heterocycles. The summed E-state index contributed by atoms with van der Waals surface area (Å²) in [4.78, 5) is 4.35. The molecule has 20 heavy (non-hydrogen) atoms. The summed E-state index contributed by atoms with van der Waals surface area (Å²) in [6, 6.07) is 11.8. The summed E-state index contributed by atoms with van der Waals surface area (Å²) in [5.74, 6) is 0.787. The Bertz CT molecular complexity index is 646. The predicted molar refractivity (Wildman–Crippen MR) is 79.6 cm³/mol. The third-order valence-corrected chi connectivity index (χ3v) is 3.23. The third-order valence-electron chi connectivity index (χ3n) is 3.23. The molecule has 3 heteroatoms. The van der Waals surface area contributed by atoms with Crippen LogP contribution in [-0.4, -0.2) is 12.1 Å². The maximum absolute atomic E-state index is 8.84. The van der Waals surface area contributed by atoms with Crippen molar-refractivity contribution >= 4 is 0 Å². The maximum atomic E-state index is 8.84. The Labute approximate surface area is 119 Å². The molecule has 0 fully saturated rings. The fraction of sp³-hybridized carbons (Fsp3) is 0.294. The second-order valence-electron chi connectivity index (χ2n) is 5.71. The van der Waals surface area contributed by atoms with Crippen LogP contribution in [0.15, 0.2) is 36.5 Å². The van der Waals surface area contributed by atoms with Crippen LogP contribution >= 0.6 is 0 Å². The van der Waals surface area contributed by atoms with E-state index in [0.717, 1.165) is 17.0 Å². The van der Waals surface area contributed by atoms with Crippen LogP contribution in [0.3, 0.4) is 0 Å². The zero-order valence-electron chi connectivity index (χ0n) is 12.3. The Hall–Kier alpha value is -2.34. The summed E-state index contributed by atoms with van der Waals surface area (Å²) in [5, 5.41) is 8.84. The van der Waals surface area contributed by atoms with Crippen molar-refractivity contribution in [3.63, 3.8) is 0 Å². The van der Waals surface area contributed by atoms with E-state index < -0.39 is 0 Å². The number of nitrogens with zero attached hydrogens (tertiary/aromatic N) is 2. The summed E-state index contributed by atoms with van der Waals surface area (Å²) in [6.45, 7) is 6.51. The number of pyridine rings is 1. The first kappa shape index (κ1) is 14.1. The molecule has 2 aromatic rings. The van der Waals surface area contributed by atoms with Gasteiger partial charge in [-0.1, -0.05) is 26.8 Å². The number of ether oxygens (including phenoxy) is 1. The highest BCUT2D eigenvalue weighted by Gasteiger charge is 2.17. The molecule has 0 bridgehead atoms. The van der Waals surface area contributed by atoms with Crippen molar-refractivity contribution in [3.8, 4) is 23.1 Å². The van der Waals surface area contributed by atoms with E-state index in [1.54, 1.807) is 19.4 Å². The first-order valence-electron chi connectivity index (χ1n) is 6.51. The van der Waals surface area contributed by atoms with E-state index in [0.29, 0.717) is 5.56 Å². The van der Waals surface area contributed by atoms with Crippen molar-refractivity contribution in [1.29, 1.82) is 5.26 Å². The van der Waals surface area contributed by atoms with E-state index in [4.69, 9.17) is 10.00 Å². The third kappa shape index (κ3) is 2.80. The van der Waals surface area contributed by atoms with Gasteiger partial charge in [0.25, 0.3) is 0 Å². The molecular formula is C17H18N2O. The van der Waals surface area contributed by atoms with Gasteiger partial charge in [-0.15, -0.1) is 0 Å². The minimum absolute atomic E-state index is 0.0631. The molecule has 1 heterocycles. The van der Waals surface area contributed by atoms with Gasteiger partial charge in [-0.2, -0.15) is 5.26 Å². The second-order valence-corrected chi connectivity index (χ2v) is 5.71. The van der Waals surface area contributed by atoms with Crippen molar-refractivity contribution < 1.29 is 4.74 Å². The van der Waals surface area contributed by atoms with E-state index in [2.05, 4.69) is 44.0 Å². The van der Waals surface area contributed by atoms with Crippen molar-refractivity contribution in [3.05, 3.63) is 47.7 Å². The average molecular weight is 266 g/mol. The number of nitriles is 1. The van der Waals surface area contributed by atoms with E-state index in [1.165, 1.54) is 5.56 Å². The summed E-state index contributed by atoms with van der Waals surface area (Å²) in [6.07, 6.45) is 1.58. The molecule has 0 radical (unpaired) electrons. The smallest absolute Gasteiger partial charge is 0.128 e. The van der Waals surface area contributed by atoms with Crippen molar-refractivity contribution in [2.45, 2.75) is 26.2 Å². The zero-order valence-corrected chi connectivity index (χ0v) is 12.3. The summed E-state index contributed by atoms with van der Waals surface area (Å²) in [5.41, 5.74) is 3.60. The molecule has 0 N–H and O–H groups in total. The standard InChI is InChI=1S/C17H18N2O/c1-17(2,3)13-6-8-16(20-4)14(9-13)15-7-5-12(10-18)11-19-15/h5-9,11H,1-4H3. The lowest BCUT2D eigenvalue weighted by atomic mass is 9.85. The van der Waals surface area contributed by atoms with Gasteiger partial charge in [0.15, 0.2) is 0 Å². The topological polar surface area (TPSA) is 45.9 Å². The van der Waals surface area contributed by atoms with E-state index in [9.17, 15) is 0 Å². The first-order chi connectivity index (χ1) is 9.45. The van der Waals surface area contributed by atoms with Gasteiger partial charge >= 0.3 is 0 Å². The normalized spacial score (nSPS) is 10.9. The molecule has 0 unspecified atom stereocenters. The Balaban J connectivity index is 2.55. The maximum Gasteiger partial charge on any atom is 0.128 e. The van der Waals surface area contributed by atoms with Gasteiger partial charge in [0.05, 0.1) is 18.4 Å². The molecule has 102 valence electrons. The minimum atomic E-state index is 0.0631. The fourth-order valence-electron chi connectivity index (χ4n) is 1.99. The number of rotatable bonds is 2. The van der Waals surface area contributed by atoms with Gasteiger partial charge in [-0.05, 0) is 35.2 Å². The van der Waals surface area contributed by atoms with Crippen LogP contribution in [-0.2, 0) is 5.41 Å². The number of methoxy groups -OCH3 is 1. The lowest BCUT2D eigenvalue weighted by Gasteiger charge is -2.21. The average Bonchev–Trinajstić information content (AvgIpc) is 2.45. The van der Waals surface area contributed by atoms with Gasteiger partial charge in [-0.25, -0.2) is 0 Å². The van der Waals surface area contributed by atoms with Gasteiger partial charge in [-0.3, -0.25) is 4.98 Å². The van der Waals surface area contributed by atoms with E-state index >= 15 is 0 Å². The van der Waals surface area contributed by atoms with Crippen molar-refractivity contribution in [2.75, 3.05) is 7.11 Å². The van der Waals surface area contributed by atoms with Crippen molar-refractivity contribution in [1.82, 2.24) is 4.98 Å². The molecular weight excluding hydrogens is 248 g/mol. The highest BCUT2D eigenvalue weighted by molar-refractivity contribution is 5.68. The first-order valence-corrected chi connectivity index (χ1v) is 6.51. The number of hydrogen-bond acceptors (Lipinski definition) is 3. The molecule has 0 spiro atoms. The van der Waals surface area contributed by atoms with E-state index in [1.807, 2.05) is 12.1 Å². The van der Waals surface area contributed by atoms with Crippen LogP contribution in [0.4, 0.5) is 0 Å². The molecule has 0 aliphatic rings. The van der Waals surface area contributed by atoms with Crippen molar-refractivity contribution in [2.24, 2.45) is 0 Å². The molecule has 2 rings (SSSR count). The zero-order chi connectivity index (χ0) is 14.8. The van der Waals surface area contributed by atoms with Crippen LogP contribution in [0.2, 0.25) is 0 Å². The lowest BCUT2D eigenvalue weighted by molar-refractivity contribution is 0.415. The Morgan fingerprint density at radius 3 is 2.40 bits per heavy atom. The second kappa shape index (κ2) is 5.34. The quantitative estimate of drug-likeness (QED) is 0.827. The summed E-state index contributed by atoms with van der Waals surface area (Å²) in [7, 11) is 1.65. The lowest BCUT2D eigenvalue weighted by Crippen LogP contribution is -2.11. The van der Waals surface area contributed by atoms with Crippen LogP contribution in [0.25, 0.3) is 11.3 Å². The van der Waals surface area contributed by atoms with Gasteiger partial charge < -0.3 is 4.74 Å². The van der Waals surface area contributed by atoms with E-state index in [-0.39, 0.29) is 5.41 Å². The Kier molecular flexibility index (Phi) is 3.76. The summed E-state index contributed by atoms with van der Waals surface area (Å²) >= 11 is 0. The Morgan fingerprint density at radius 2 is 1.90 bits per heavy atom. The van der Waals surface area contributed by atoms with Crippen LogP contribution in [0.5, 0.6) is 5.75 Å². The molecule has 0 aliphatic carbocycles. The molecule has 3 nitrogen and oxygen atoms in total. The number of hydrogen-bond donors (Lipinski definition) is 0. The SMILES string of the molecule is COc1ccc(C(C)(C)C)cc1-c1ccc(C#N)cn1. The van der Waals surface area contributed by atoms with Crippen LogP contribution in [0.1, 0.15) is 31.9 Å². The highest BCUT2D eigenvalue weighted by atomic mass is 16.5. The minimum Gasteiger partial charge on any atom is -0.496 e. The molecule has 0 atom stereocenters.